The highest BCUT2D eigenvalue weighted by Gasteiger charge is 2.00. The fourth-order valence-corrected chi connectivity index (χ4v) is 1.21. The Hall–Kier alpha value is -1.09. The molecule has 0 atom stereocenters. The molecule has 1 heterocycles. The molecule has 0 aromatic carbocycles. The monoisotopic (exact) mass is 195 g/mol. The van der Waals surface area contributed by atoms with Crippen molar-refractivity contribution in [3.63, 3.8) is 0 Å². The minimum atomic E-state index is -0.0169. The van der Waals surface area contributed by atoms with E-state index in [1.165, 1.54) is 12.8 Å². The van der Waals surface area contributed by atoms with Crippen LogP contribution in [0.4, 0.5) is 0 Å². The predicted octanol–water partition coefficient (Wildman–Crippen LogP) is 2.14. The smallest absolute Gasteiger partial charge is 0.127 e. The third-order valence-corrected chi connectivity index (χ3v) is 2.03. The van der Waals surface area contributed by atoms with Crippen LogP contribution in [0.1, 0.15) is 31.7 Å². The van der Waals surface area contributed by atoms with Crippen LogP contribution in [-0.2, 0) is 6.61 Å². The SMILES string of the molecule is CCCCCOc1ccncc1CO. The van der Waals surface area contributed by atoms with Gasteiger partial charge in [0.05, 0.1) is 13.2 Å². The first-order valence-corrected chi connectivity index (χ1v) is 5.05. The van der Waals surface area contributed by atoms with Gasteiger partial charge in [-0.3, -0.25) is 4.98 Å². The molecule has 0 spiro atoms. The average Bonchev–Trinajstić information content (AvgIpc) is 2.25. The van der Waals surface area contributed by atoms with Crippen LogP contribution in [0.15, 0.2) is 18.5 Å². The van der Waals surface area contributed by atoms with E-state index in [0.29, 0.717) is 6.61 Å². The van der Waals surface area contributed by atoms with Gasteiger partial charge in [-0.2, -0.15) is 0 Å². The maximum Gasteiger partial charge on any atom is 0.127 e. The summed E-state index contributed by atoms with van der Waals surface area (Å²) in [6.45, 7) is 2.85. The Kier molecular flexibility index (Phi) is 5.00. The summed E-state index contributed by atoms with van der Waals surface area (Å²) in [6, 6.07) is 1.79. The number of aromatic nitrogens is 1. The number of pyridine rings is 1. The number of hydrogen-bond donors (Lipinski definition) is 1. The fraction of sp³-hybridized carbons (Fsp3) is 0.545. The van der Waals surface area contributed by atoms with E-state index in [4.69, 9.17) is 9.84 Å². The number of aliphatic hydroxyl groups is 1. The van der Waals surface area contributed by atoms with Crippen LogP contribution in [0, 0.1) is 0 Å². The van der Waals surface area contributed by atoms with E-state index < -0.39 is 0 Å². The molecule has 14 heavy (non-hydrogen) atoms. The molecule has 3 nitrogen and oxygen atoms in total. The number of ether oxygens (including phenoxy) is 1. The second-order valence-corrected chi connectivity index (χ2v) is 3.20. The Morgan fingerprint density at radius 1 is 1.43 bits per heavy atom. The number of rotatable bonds is 6. The first kappa shape index (κ1) is 11.0. The average molecular weight is 195 g/mol. The van der Waals surface area contributed by atoms with Crippen molar-refractivity contribution in [2.24, 2.45) is 0 Å². The number of hydrogen-bond acceptors (Lipinski definition) is 3. The Labute approximate surface area is 84.7 Å². The van der Waals surface area contributed by atoms with Crippen molar-refractivity contribution in [1.82, 2.24) is 4.98 Å². The standard InChI is InChI=1S/C11H17NO2/c1-2-3-4-7-14-11-5-6-12-8-10(11)9-13/h5-6,8,13H,2-4,7,9H2,1H3. The van der Waals surface area contributed by atoms with Gasteiger partial charge in [0.1, 0.15) is 5.75 Å². The highest BCUT2D eigenvalue weighted by Crippen LogP contribution is 2.16. The summed E-state index contributed by atoms with van der Waals surface area (Å²) in [5.41, 5.74) is 0.754. The Balaban J connectivity index is 2.41. The lowest BCUT2D eigenvalue weighted by Gasteiger charge is -2.08. The Bertz CT molecular complexity index is 263. The lowest BCUT2D eigenvalue weighted by molar-refractivity contribution is 0.259. The fourth-order valence-electron chi connectivity index (χ4n) is 1.21. The zero-order valence-corrected chi connectivity index (χ0v) is 8.57. The molecule has 0 unspecified atom stereocenters. The van der Waals surface area contributed by atoms with Crippen LogP contribution in [0.2, 0.25) is 0 Å². The van der Waals surface area contributed by atoms with E-state index in [1.54, 1.807) is 18.5 Å². The number of unbranched alkanes of at least 4 members (excludes halogenated alkanes) is 2. The topological polar surface area (TPSA) is 42.4 Å². The van der Waals surface area contributed by atoms with E-state index in [9.17, 15) is 0 Å². The lowest BCUT2D eigenvalue weighted by atomic mass is 10.2. The molecule has 78 valence electrons. The zero-order chi connectivity index (χ0) is 10.2. The molecule has 1 aromatic rings. The predicted molar refractivity (Wildman–Crippen MR) is 55.2 cm³/mol. The summed E-state index contributed by atoms with van der Waals surface area (Å²) in [4.78, 5) is 3.92. The zero-order valence-electron chi connectivity index (χ0n) is 8.57. The van der Waals surface area contributed by atoms with Crippen LogP contribution < -0.4 is 4.74 Å². The second kappa shape index (κ2) is 6.38. The van der Waals surface area contributed by atoms with Crippen LogP contribution in [-0.4, -0.2) is 16.7 Å². The van der Waals surface area contributed by atoms with Gasteiger partial charge < -0.3 is 9.84 Å². The van der Waals surface area contributed by atoms with Gasteiger partial charge >= 0.3 is 0 Å². The molecule has 3 heteroatoms. The molecule has 0 amide bonds. The number of aliphatic hydroxyl groups excluding tert-OH is 1. The largest absolute Gasteiger partial charge is 0.493 e. The van der Waals surface area contributed by atoms with Crippen molar-refractivity contribution >= 4 is 0 Å². The maximum atomic E-state index is 9.00. The molecule has 1 aromatic heterocycles. The van der Waals surface area contributed by atoms with E-state index in [0.717, 1.165) is 17.7 Å². The van der Waals surface area contributed by atoms with Crippen LogP contribution >= 0.6 is 0 Å². The summed E-state index contributed by atoms with van der Waals surface area (Å²) < 4.78 is 5.53. The molecule has 0 aliphatic rings. The van der Waals surface area contributed by atoms with Gasteiger partial charge in [0, 0.05) is 18.0 Å². The van der Waals surface area contributed by atoms with Gasteiger partial charge in [-0.15, -0.1) is 0 Å². The van der Waals surface area contributed by atoms with Crippen molar-refractivity contribution < 1.29 is 9.84 Å². The van der Waals surface area contributed by atoms with Crippen LogP contribution in [0.3, 0.4) is 0 Å². The Morgan fingerprint density at radius 3 is 3.00 bits per heavy atom. The molecular weight excluding hydrogens is 178 g/mol. The molecule has 1 N–H and O–H groups in total. The summed E-state index contributed by atoms with van der Waals surface area (Å²) in [7, 11) is 0. The second-order valence-electron chi connectivity index (χ2n) is 3.20. The lowest BCUT2D eigenvalue weighted by Crippen LogP contribution is -2.00. The normalized spacial score (nSPS) is 10.1. The first-order chi connectivity index (χ1) is 6.88. The molecular formula is C11H17NO2. The highest BCUT2D eigenvalue weighted by atomic mass is 16.5. The molecule has 0 saturated carbocycles. The number of nitrogens with zero attached hydrogens (tertiary/aromatic N) is 1. The molecule has 0 radical (unpaired) electrons. The van der Waals surface area contributed by atoms with Crippen molar-refractivity contribution in [2.75, 3.05) is 6.61 Å². The van der Waals surface area contributed by atoms with Crippen molar-refractivity contribution in [1.29, 1.82) is 0 Å². The van der Waals surface area contributed by atoms with E-state index in [1.807, 2.05) is 0 Å². The summed E-state index contributed by atoms with van der Waals surface area (Å²) in [5.74, 6) is 0.749. The molecule has 0 fully saturated rings. The van der Waals surface area contributed by atoms with E-state index >= 15 is 0 Å². The van der Waals surface area contributed by atoms with Gasteiger partial charge in [0.15, 0.2) is 0 Å². The quantitative estimate of drug-likeness (QED) is 0.707. The van der Waals surface area contributed by atoms with Crippen molar-refractivity contribution in [2.45, 2.75) is 32.8 Å². The third-order valence-electron chi connectivity index (χ3n) is 2.03. The Morgan fingerprint density at radius 2 is 2.29 bits per heavy atom. The molecule has 1 rings (SSSR count). The van der Waals surface area contributed by atoms with Crippen LogP contribution in [0.25, 0.3) is 0 Å². The highest BCUT2D eigenvalue weighted by molar-refractivity contribution is 5.29. The minimum absolute atomic E-state index is 0.0169. The molecule has 0 aliphatic heterocycles. The first-order valence-electron chi connectivity index (χ1n) is 5.05. The molecule has 0 aliphatic carbocycles. The van der Waals surface area contributed by atoms with Gasteiger partial charge in [0.25, 0.3) is 0 Å². The molecule has 0 saturated heterocycles. The van der Waals surface area contributed by atoms with Gasteiger partial charge in [-0.05, 0) is 12.5 Å². The molecule has 0 bridgehead atoms. The van der Waals surface area contributed by atoms with E-state index in [2.05, 4.69) is 11.9 Å². The summed E-state index contributed by atoms with van der Waals surface area (Å²) in [5, 5.41) is 9.00. The van der Waals surface area contributed by atoms with Gasteiger partial charge in [-0.25, -0.2) is 0 Å². The van der Waals surface area contributed by atoms with Crippen molar-refractivity contribution in [3.8, 4) is 5.75 Å². The maximum absolute atomic E-state index is 9.00. The van der Waals surface area contributed by atoms with Gasteiger partial charge in [0.2, 0.25) is 0 Å². The third kappa shape index (κ3) is 3.34. The van der Waals surface area contributed by atoms with E-state index in [-0.39, 0.29) is 6.61 Å². The van der Waals surface area contributed by atoms with Crippen LogP contribution in [0.5, 0.6) is 5.75 Å². The summed E-state index contributed by atoms with van der Waals surface area (Å²) >= 11 is 0. The van der Waals surface area contributed by atoms with Gasteiger partial charge in [-0.1, -0.05) is 19.8 Å². The minimum Gasteiger partial charge on any atom is -0.493 e. The van der Waals surface area contributed by atoms with Crippen molar-refractivity contribution in [3.05, 3.63) is 24.0 Å². The summed E-state index contributed by atoms with van der Waals surface area (Å²) in [6.07, 6.45) is 6.74.